The number of nitrogen functional groups attached to an aromatic ring is 1. The molecule has 1 aromatic rings. The fourth-order valence-electron chi connectivity index (χ4n) is 2.29. The van der Waals surface area contributed by atoms with E-state index in [1.165, 1.54) is 0 Å². The van der Waals surface area contributed by atoms with Gasteiger partial charge in [0.05, 0.1) is 6.10 Å². The van der Waals surface area contributed by atoms with E-state index in [1.807, 2.05) is 0 Å². The van der Waals surface area contributed by atoms with E-state index < -0.39 is 38.7 Å². The van der Waals surface area contributed by atoms with Crippen molar-refractivity contribution in [2.24, 2.45) is 0 Å². The van der Waals surface area contributed by atoms with Crippen LogP contribution in [0.15, 0.2) is 17.0 Å². The quantitative estimate of drug-likeness (QED) is 0.730. The molecule has 0 aliphatic heterocycles. The van der Waals surface area contributed by atoms with Crippen molar-refractivity contribution >= 4 is 15.7 Å². The minimum atomic E-state index is -4.27. The third kappa shape index (κ3) is 3.08. The maximum atomic E-state index is 13.6. The first kappa shape index (κ1) is 15.1. The van der Waals surface area contributed by atoms with Crippen LogP contribution < -0.4 is 10.5 Å². The van der Waals surface area contributed by atoms with Gasteiger partial charge >= 0.3 is 0 Å². The average Bonchev–Trinajstić information content (AvgIpc) is 2.36. The van der Waals surface area contributed by atoms with Crippen molar-refractivity contribution in [1.82, 2.24) is 4.72 Å². The smallest absolute Gasteiger partial charge is 0.244 e. The van der Waals surface area contributed by atoms with Crippen LogP contribution in [0.25, 0.3) is 0 Å². The van der Waals surface area contributed by atoms with E-state index in [0.29, 0.717) is 18.9 Å². The predicted molar refractivity (Wildman–Crippen MR) is 69.4 cm³/mol. The van der Waals surface area contributed by atoms with Crippen LogP contribution in [-0.4, -0.2) is 25.7 Å². The molecule has 1 fully saturated rings. The summed E-state index contributed by atoms with van der Waals surface area (Å²) >= 11 is 0. The Kier molecular flexibility index (Phi) is 4.26. The molecule has 0 bridgehead atoms. The molecule has 1 aromatic carbocycles. The van der Waals surface area contributed by atoms with Crippen molar-refractivity contribution in [3.63, 3.8) is 0 Å². The summed E-state index contributed by atoms with van der Waals surface area (Å²) in [7, 11) is -4.27. The van der Waals surface area contributed by atoms with Gasteiger partial charge in [-0.3, -0.25) is 0 Å². The molecule has 4 N–H and O–H groups in total. The number of anilines is 1. The van der Waals surface area contributed by atoms with E-state index in [1.54, 1.807) is 0 Å². The van der Waals surface area contributed by atoms with Crippen molar-refractivity contribution in [2.45, 2.75) is 42.7 Å². The number of aliphatic hydroxyl groups is 1. The summed E-state index contributed by atoms with van der Waals surface area (Å²) in [6.07, 6.45) is 1.67. The molecule has 2 atom stereocenters. The summed E-state index contributed by atoms with van der Waals surface area (Å²) in [6.45, 7) is 0. The minimum Gasteiger partial charge on any atom is -0.399 e. The lowest BCUT2D eigenvalue weighted by Crippen LogP contribution is -2.45. The number of halogens is 2. The highest BCUT2D eigenvalue weighted by Crippen LogP contribution is 2.24. The van der Waals surface area contributed by atoms with Crippen molar-refractivity contribution in [1.29, 1.82) is 0 Å². The van der Waals surface area contributed by atoms with Crippen molar-refractivity contribution in [2.75, 3.05) is 5.73 Å². The van der Waals surface area contributed by atoms with Crippen LogP contribution in [0.2, 0.25) is 0 Å². The van der Waals surface area contributed by atoms with Crippen LogP contribution in [0.1, 0.15) is 25.7 Å². The van der Waals surface area contributed by atoms with Crippen LogP contribution in [-0.2, 0) is 10.0 Å². The van der Waals surface area contributed by atoms with Crippen molar-refractivity contribution in [3.8, 4) is 0 Å². The zero-order chi connectivity index (χ0) is 14.9. The van der Waals surface area contributed by atoms with Gasteiger partial charge in [-0.05, 0) is 25.0 Å². The van der Waals surface area contributed by atoms with Gasteiger partial charge in [0, 0.05) is 11.7 Å². The van der Waals surface area contributed by atoms with Gasteiger partial charge in [-0.25, -0.2) is 21.9 Å². The van der Waals surface area contributed by atoms with Crippen LogP contribution in [0.5, 0.6) is 0 Å². The fraction of sp³-hybridized carbons (Fsp3) is 0.500. The molecule has 8 heteroatoms. The van der Waals surface area contributed by atoms with Gasteiger partial charge in [0.2, 0.25) is 10.0 Å². The maximum Gasteiger partial charge on any atom is 0.244 e. The molecule has 0 spiro atoms. The Morgan fingerprint density at radius 1 is 1.25 bits per heavy atom. The molecule has 5 nitrogen and oxygen atoms in total. The summed E-state index contributed by atoms with van der Waals surface area (Å²) in [5.74, 6) is -2.80. The SMILES string of the molecule is Nc1cc(F)c(F)c(S(=O)(=O)N[C@@H]2CCCC[C@H]2O)c1. The molecule has 0 saturated heterocycles. The minimum absolute atomic E-state index is 0.187. The molecule has 0 unspecified atom stereocenters. The Balaban J connectivity index is 2.31. The first-order chi connectivity index (χ1) is 9.31. The van der Waals surface area contributed by atoms with Gasteiger partial charge in [-0.15, -0.1) is 0 Å². The summed E-state index contributed by atoms with van der Waals surface area (Å²) < 4.78 is 53.2. The molecule has 20 heavy (non-hydrogen) atoms. The predicted octanol–water partition coefficient (Wildman–Crippen LogP) is 1.13. The van der Waals surface area contributed by atoms with E-state index in [4.69, 9.17) is 5.73 Å². The lowest BCUT2D eigenvalue weighted by Gasteiger charge is -2.28. The number of aliphatic hydroxyl groups excluding tert-OH is 1. The largest absolute Gasteiger partial charge is 0.399 e. The van der Waals surface area contributed by atoms with E-state index in [2.05, 4.69) is 4.72 Å². The molecule has 0 heterocycles. The summed E-state index contributed by atoms with van der Waals surface area (Å²) in [5, 5.41) is 9.74. The number of rotatable bonds is 3. The maximum absolute atomic E-state index is 13.6. The number of benzene rings is 1. The van der Waals surface area contributed by atoms with Gasteiger partial charge in [0.1, 0.15) is 4.90 Å². The third-order valence-electron chi connectivity index (χ3n) is 3.34. The topological polar surface area (TPSA) is 92.4 Å². The molecule has 0 aromatic heterocycles. The monoisotopic (exact) mass is 306 g/mol. The Labute approximate surface area is 115 Å². The summed E-state index contributed by atoms with van der Waals surface area (Å²) in [4.78, 5) is -0.840. The molecule has 1 saturated carbocycles. The van der Waals surface area contributed by atoms with Gasteiger partial charge in [0.25, 0.3) is 0 Å². The first-order valence-corrected chi connectivity index (χ1v) is 7.74. The Morgan fingerprint density at radius 3 is 2.55 bits per heavy atom. The first-order valence-electron chi connectivity index (χ1n) is 6.26. The fourth-order valence-corrected chi connectivity index (χ4v) is 3.72. The van der Waals surface area contributed by atoms with Gasteiger partial charge < -0.3 is 10.8 Å². The molecular formula is C12H16F2N2O3S. The second-order valence-electron chi connectivity index (χ2n) is 4.89. The number of nitrogens with two attached hydrogens (primary N) is 1. The number of hydrogen-bond donors (Lipinski definition) is 3. The second-order valence-corrected chi connectivity index (χ2v) is 6.58. The third-order valence-corrected chi connectivity index (χ3v) is 4.83. The van der Waals surface area contributed by atoms with E-state index in [9.17, 15) is 22.3 Å². The van der Waals surface area contributed by atoms with Crippen LogP contribution in [0.4, 0.5) is 14.5 Å². The van der Waals surface area contributed by atoms with Crippen LogP contribution in [0, 0.1) is 11.6 Å². The highest BCUT2D eigenvalue weighted by molar-refractivity contribution is 7.89. The molecule has 2 rings (SSSR count). The highest BCUT2D eigenvalue weighted by Gasteiger charge is 2.30. The molecule has 1 aliphatic rings. The standard InChI is InChI=1S/C12H16F2N2O3S/c13-8-5-7(15)6-11(12(8)14)20(18,19)16-9-3-1-2-4-10(9)17/h5-6,9-10,16-17H,1-4,15H2/t9-,10-/m1/s1. The molecule has 112 valence electrons. The average molecular weight is 306 g/mol. The second kappa shape index (κ2) is 5.63. The highest BCUT2D eigenvalue weighted by atomic mass is 32.2. The Hall–Kier alpha value is -1.25. The molecule has 0 amide bonds. The van der Waals surface area contributed by atoms with E-state index >= 15 is 0 Å². The summed E-state index contributed by atoms with van der Waals surface area (Å²) in [6, 6.07) is 0.873. The normalized spacial score (nSPS) is 23.8. The lowest BCUT2D eigenvalue weighted by molar-refractivity contribution is 0.101. The number of sulfonamides is 1. The molecule has 1 aliphatic carbocycles. The zero-order valence-electron chi connectivity index (χ0n) is 10.6. The lowest BCUT2D eigenvalue weighted by atomic mass is 9.93. The van der Waals surface area contributed by atoms with E-state index in [-0.39, 0.29) is 5.69 Å². The molecule has 0 radical (unpaired) electrons. The summed E-state index contributed by atoms with van der Waals surface area (Å²) in [5.41, 5.74) is 5.15. The number of nitrogens with one attached hydrogen (secondary N) is 1. The van der Waals surface area contributed by atoms with Crippen LogP contribution in [0.3, 0.4) is 0 Å². The van der Waals surface area contributed by atoms with Gasteiger partial charge in [0.15, 0.2) is 11.6 Å². The van der Waals surface area contributed by atoms with Crippen LogP contribution >= 0.6 is 0 Å². The Bertz CT molecular complexity index is 607. The Morgan fingerprint density at radius 2 is 1.90 bits per heavy atom. The number of hydrogen-bond acceptors (Lipinski definition) is 4. The van der Waals surface area contributed by atoms with Gasteiger partial charge in [-0.1, -0.05) is 12.8 Å². The van der Waals surface area contributed by atoms with Gasteiger partial charge in [-0.2, -0.15) is 0 Å². The zero-order valence-corrected chi connectivity index (χ0v) is 11.5. The molecular weight excluding hydrogens is 290 g/mol. The van der Waals surface area contributed by atoms with E-state index in [0.717, 1.165) is 18.9 Å². The van der Waals surface area contributed by atoms with Crippen molar-refractivity contribution in [3.05, 3.63) is 23.8 Å². The van der Waals surface area contributed by atoms with Crippen molar-refractivity contribution < 1.29 is 22.3 Å².